The minimum atomic E-state index is 1.22. The number of aryl methyl sites for hydroxylation is 1. The third kappa shape index (κ3) is 1.19. The Morgan fingerprint density at radius 1 is 1.45 bits per heavy atom. The molecule has 2 aromatic heterocycles. The van der Waals surface area contributed by atoms with E-state index in [0.29, 0.717) is 0 Å². The molecule has 0 aliphatic rings. The van der Waals surface area contributed by atoms with Gasteiger partial charge in [0.15, 0.2) is 0 Å². The second-order valence-corrected chi connectivity index (χ2v) is 3.62. The van der Waals surface area contributed by atoms with Crippen LogP contribution >= 0.6 is 11.3 Å². The predicted molar refractivity (Wildman–Crippen MR) is 46.2 cm³/mol. The van der Waals surface area contributed by atoms with E-state index < -0.39 is 0 Å². The second-order valence-electron chi connectivity index (χ2n) is 2.35. The lowest BCUT2D eigenvalue weighted by Gasteiger charge is -1.92. The number of rotatable bonds is 1. The number of nitrogens with zero attached hydrogens (tertiary/aromatic N) is 2. The number of thiophene rings is 1. The van der Waals surface area contributed by atoms with Gasteiger partial charge in [0.05, 0.1) is 6.33 Å². The number of aromatic nitrogens is 2. The predicted octanol–water partition coefficient (Wildman–Crippen LogP) is 2.24. The van der Waals surface area contributed by atoms with Crippen LogP contribution in [-0.4, -0.2) is 9.55 Å². The lowest BCUT2D eigenvalue weighted by molar-refractivity contribution is 1.09. The third-order valence-corrected chi connectivity index (χ3v) is 2.50. The lowest BCUT2D eigenvalue weighted by atomic mass is 10.5. The first-order chi connectivity index (χ1) is 5.36. The molecular formula is C8H8N2S. The van der Waals surface area contributed by atoms with E-state index in [-0.39, 0.29) is 0 Å². The molecule has 0 bridgehead atoms. The summed E-state index contributed by atoms with van der Waals surface area (Å²) in [5.74, 6) is 0. The van der Waals surface area contributed by atoms with Crippen molar-refractivity contribution in [3.05, 3.63) is 35.7 Å². The Morgan fingerprint density at radius 3 is 2.91 bits per heavy atom. The van der Waals surface area contributed by atoms with E-state index in [9.17, 15) is 0 Å². The smallest absolute Gasteiger partial charge is 0.100 e. The minimum absolute atomic E-state index is 1.22. The summed E-state index contributed by atoms with van der Waals surface area (Å²) in [5.41, 5.74) is 0. The maximum atomic E-state index is 3.98. The van der Waals surface area contributed by atoms with Gasteiger partial charge in [-0.25, -0.2) is 4.98 Å². The van der Waals surface area contributed by atoms with Gasteiger partial charge >= 0.3 is 0 Å². The monoisotopic (exact) mass is 164 g/mol. The van der Waals surface area contributed by atoms with Gasteiger partial charge < -0.3 is 0 Å². The fourth-order valence-corrected chi connectivity index (χ4v) is 1.77. The molecule has 0 fully saturated rings. The van der Waals surface area contributed by atoms with E-state index in [0.717, 1.165) is 0 Å². The van der Waals surface area contributed by atoms with Crippen LogP contribution in [0.15, 0.2) is 30.9 Å². The Kier molecular flexibility index (Phi) is 1.51. The fraction of sp³-hybridized carbons (Fsp3) is 0.125. The molecule has 0 spiro atoms. The zero-order valence-corrected chi connectivity index (χ0v) is 7.01. The molecule has 0 saturated carbocycles. The van der Waals surface area contributed by atoms with Gasteiger partial charge in [0.1, 0.15) is 5.00 Å². The molecule has 0 aliphatic carbocycles. The molecule has 0 saturated heterocycles. The summed E-state index contributed by atoms with van der Waals surface area (Å²) in [6, 6.07) is 4.21. The van der Waals surface area contributed by atoms with Gasteiger partial charge in [-0.15, -0.1) is 11.3 Å². The zero-order valence-electron chi connectivity index (χ0n) is 6.19. The van der Waals surface area contributed by atoms with Crippen molar-refractivity contribution >= 4 is 11.3 Å². The summed E-state index contributed by atoms with van der Waals surface area (Å²) in [6.07, 6.45) is 5.55. The Bertz CT molecular complexity index is 335. The van der Waals surface area contributed by atoms with Gasteiger partial charge in [-0.2, -0.15) is 0 Å². The van der Waals surface area contributed by atoms with E-state index in [2.05, 4.69) is 24.0 Å². The molecule has 2 rings (SSSR count). The topological polar surface area (TPSA) is 17.8 Å². The first kappa shape index (κ1) is 6.61. The molecule has 56 valence electrons. The van der Waals surface area contributed by atoms with Crippen molar-refractivity contribution in [2.75, 3.05) is 0 Å². The van der Waals surface area contributed by atoms with Crippen LogP contribution in [0, 0.1) is 6.92 Å². The molecule has 0 atom stereocenters. The summed E-state index contributed by atoms with van der Waals surface area (Å²) in [4.78, 5) is 5.30. The fourth-order valence-electron chi connectivity index (χ4n) is 0.950. The summed E-state index contributed by atoms with van der Waals surface area (Å²) < 4.78 is 2.01. The molecule has 0 N–H and O–H groups in total. The van der Waals surface area contributed by atoms with Crippen molar-refractivity contribution in [3.63, 3.8) is 0 Å². The van der Waals surface area contributed by atoms with E-state index in [1.807, 2.05) is 17.1 Å². The standard InChI is InChI=1S/C8H8N2S/c1-7-2-3-8(11-7)10-5-4-9-6-10/h2-6H,1H3. The summed E-state index contributed by atoms with van der Waals surface area (Å²) in [6.45, 7) is 2.10. The van der Waals surface area contributed by atoms with Crippen molar-refractivity contribution < 1.29 is 0 Å². The Labute approximate surface area is 69.1 Å². The highest BCUT2D eigenvalue weighted by Crippen LogP contribution is 2.18. The highest BCUT2D eigenvalue weighted by Gasteiger charge is 1.96. The normalized spacial score (nSPS) is 10.3. The summed E-state index contributed by atoms with van der Waals surface area (Å²) in [5, 5.41) is 1.22. The van der Waals surface area contributed by atoms with Crippen LogP contribution in [-0.2, 0) is 0 Å². The van der Waals surface area contributed by atoms with E-state index in [1.165, 1.54) is 9.88 Å². The van der Waals surface area contributed by atoms with Gasteiger partial charge in [0.25, 0.3) is 0 Å². The Morgan fingerprint density at radius 2 is 2.36 bits per heavy atom. The van der Waals surface area contributed by atoms with E-state index >= 15 is 0 Å². The summed E-state index contributed by atoms with van der Waals surface area (Å²) in [7, 11) is 0. The first-order valence-electron chi connectivity index (χ1n) is 3.41. The molecular weight excluding hydrogens is 156 g/mol. The maximum Gasteiger partial charge on any atom is 0.100 e. The van der Waals surface area contributed by atoms with E-state index in [1.54, 1.807) is 17.5 Å². The van der Waals surface area contributed by atoms with Crippen molar-refractivity contribution in [3.8, 4) is 5.00 Å². The SMILES string of the molecule is Cc1ccc(-n2ccnc2)s1. The molecule has 0 aliphatic heterocycles. The molecule has 0 amide bonds. The zero-order chi connectivity index (χ0) is 7.68. The van der Waals surface area contributed by atoms with Crippen LogP contribution in [0.2, 0.25) is 0 Å². The van der Waals surface area contributed by atoms with Crippen LogP contribution in [0.5, 0.6) is 0 Å². The van der Waals surface area contributed by atoms with Gasteiger partial charge in [0.2, 0.25) is 0 Å². The van der Waals surface area contributed by atoms with Crippen LogP contribution in [0.3, 0.4) is 0 Å². The van der Waals surface area contributed by atoms with Gasteiger partial charge in [-0.3, -0.25) is 4.57 Å². The average Bonchev–Trinajstić information content (AvgIpc) is 2.55. The maximum absolute atomic E-state index is 3.98. The average molecular weight is 164 g/mol. The molecule has 3 heteroatoms. The number of imidazole rings is 1. The van der Waals surface area contributed by atoms with Crippen LogP contribution in [0.1, 0.15) is 4.88 Å². The van der Waals surface area contributed by atoms with Crippen molar-refractivity contribution in [1.29, 1.82) is 0 Å². The highest BCUT2D eigenvalue weighted by atomic mass is 32.1. The number of hydrogen-bond donors (Lipinski definition) is 0. The van der Waals surface area contributed by atoms with Crippen molar-refractivity contribution in [1.82, 2.24) is 9.55 Å². The van der Waals surface area contributed by atoms with Crippen LogP contribution in [0.25, 0.3) is 5.00 Å². The van der Waals surface area contributed by atoms with Crippen LogP contribution in [0.4, 0.5) is 0 Å². The van der Waals surface area contributed by atoms with Gasteiger partial charge in [0, 0.05) is 17.3 Å². The van der Waals surface area contributed by atoms with Crippen molar-refractivity contribution in [2.45, 2.75) is 6.92 Å². The molecule has 0 aromatic carbocycles. The van der Waals surface area contributed by atoms with Gasteiger partial charge in [-0.1, -0.05) is 0 Å². The molecule has 2 nitrogen and oxygen atoms in total. The Balaban J connectivity index is 2.45. The first-order valence-corrected chi connectivity index (χ1v) is 4.23. The largest absolute Gasteiger partial charge is 0.298 e. The van der Waals surface area contributed by atoms with E-state index in [4.69, 9.17) is 0 Å². The molecule has 11 heavy (non-hydrogen) atoms. The molecule has 0 unspecified atom stereocenters. The van der Waals surface area contributed by atoms with Gasteiger partial charge in [-0.05, 0) is 19.1 Å². The summed E-state index contributed by atoms with van der Waals surface area (Å²) >= 11 is 1.77. The Hall–Kier alpha value is -1.09. The molecule has 2 aromatic rings. The highest BCUT2D eigenvalue weighted by molar-refractivity contribution is 7.14. The second kappa shape index (κ2) is 2.51. The number of hydrogen-bond acceptors (Lipinski definition) is 2. The van der Waals surface area contributed by atoms with Crippen molar-refractivity contribution in [2.24, 2.45) is 0 Å². The minimum Gasteiger partial charge on any atom is -0.298 e. The quantitative estimate of drug-likeness (QED) is 0.632. The van der Waals surface area contributed by atoms with Crippen LogP contribution < -0.4 is 0 Å². The molecule has 0 radical (unpaired) electrons. The molecule has 2 heterocycles. The third-order valence-electron chi connectivity index (χ3n) is 1.49. The lowest BCUT2D eigenvalue weighted by Crippen LogP contribution is -1.82.